The Hall–Kier alpha value is -2.93. The Bertz CT molecular complexity index is 823. The number of methoxy groups -OCH3 is 1. The first-order valence-corrected chi connectivity index (χ1v) is 7.62. The summed E-state index contributed by atoms with van der Waals surface area (Å²) in [7, 11) is 1.64. The average Bonchev–Trinajstić information content (AvgIpc) is 3.20. The van der Waals surface area contributed by atoms with E-state index < -0.39 is 0 Å². The van der Waals surface area contributed by atoms with Crippen molar-refractivity contribution in [2.45, 2.75) is 13.5 Å². The summed E-state index contributed by atoms with van der Waals surface area (Å²) in [5.41, 5.74) is 2.80. The monoisotopic (exact) mass is 325 g/mol. The van der Waals surface area contributed by atoms with Gasteiger partial charge in [-0.1, -0.05) is 18.2 Å². The van der Waals surface area contributed by atoms with Gasteiger partial charge >= 0.3 is 0 Å². The molecule has 3 rings (SSSR count). The standard InChI is InChI=1S/C17H19N5O2/c1-13-10-16(20-22(13)15-6-4-3-5-7-15)17(23)19-14-11-18-21(12-14)8-9-24-2/h3-7,10-12H,8-9H2,1-2H3,(H,19,23). The summed E-state index contributed by atoms with van der Waals surface area (Å²) < 4.78 is 8.46. The van der Waals surface area contributed by atoms with E-state index in [1.54, 1.807) is 34.9 Å². The van der Waals surface area contributed by atoms with Crippen molar-refractivity contribution in [1.29, 1.82) is 0 Å². The van der Waals surface area contributed by atoms with Gasteiger partial charge in [-0.25, -0.2) is 4.68 Å². The van der Waals surface area contributed by atoms with Gasteiger partial charge < -0.3 is 10.1 Å². The molecule has 0 saturated carbocycles. The number of carbonyl (C=O) groups excluding carboxylic acids is 1. The van der Waals surface area contributed by atoms with Gasteiger partial charge in [0.25, 0.3) is 5.91 Å². The molecule has 0 fully saturated rings. The molecule has 1 amide bonds. The van der Waals surface area contributed by atoms with E-state index in [-0.39, 0.29) is 5.91 Å². The first-order chi connectivity index (χ1) is 11.7. The van der Waals surface area contributed by atoms with Gasteiger partial charge in [-0.15, -0.1) is 0 Å². The lowest BCUT2D eigenvalue weighted by Gasteiger charge is -2.03. The van der Waals surface area contributed by atoms with Crippen molar-refractivity contribution >= 4 is 11.6 Å². The van der Waals surface area contributed by atoms with Crippen molar-refractivity contribution in [2.24, 2.45) is 0 Å². The smallest absolute Gasteiger partial charge is 0.276 e. The Morgan fingerprint density at radius 1 is 1.29 bits per heavy atom. The first-order valence-electron chi connectivity index (χ1n) is 7.62. The molecule has 1 aromatic carbocycles. The molecule has 0 aliphatic carbocycles. The Labute approximate surface area is 139 Å². The fraction of sp³-hybridized carbons (Fsp3) is 0.235. The lowest BCUT2D eigenvalue weighted by atomic mass is 10.3. The largest absolute Gasteiger partial charge is 0.383 e. The van der Waals surface area contributed by atoms with E-state index in [0.29, 0.717) is 24.5 Å². The van der Waals surface area contributed by atoms with E-state index in [0.717, 1.165) is 11.4 Å². The average molecular weight is 325 g/mol. The van der Waals surface area contributed by atoms with Crippen LogP contribution in [0, 0.1) is 6.92 Å². The highest BCUT2D eigenvalue weighted by Crippen LogP contribution is 2.13. The van der Waals surface area contributed by atoms with Crippen molar-refractivity contribution in [3.05, 3.63) is 60.2 Å². The second-order valence-electron chi connectivity index (χ2n) is 5.36. The number of hydrogen-bond donors (Lipinski definition) is 1. The summed E-state index contributed by atoms with van der Waals surface area (Å²) in [4.78, 5) is 12.4. The van der Waals surface area contributed by atoms with Crippen LogP contribution in [0.3, 0.4) is 0 Å². The topological polar surface area (TPSA) is 74.0 Å². The van der Waals surface area contributed by atoms with Gasteiger partial charge in [-0.3, -0.25) is 9.48 Å². The normalized spacial score (nSPS) is 10.8. The third-order valence-corrected chi connectivity index (χ3v) is 3.54. The van der Waals surface area contributed by atoms with E-state index in [4.69, 9.17) is 4.74 Å². The van der Waals surface area contributed by atoms with Crippen molar-refractivity contribution in [1.82, 2.24) is 19.6 Å². The summed E-state index contributed by atoms with van der Waals surface area (Å²) in [5.74, 6) is -0.265. The maximum atomic E-state index is 12.4. The maximum Gasteiger partial charge on any atom is 0.276 e. The maximum absolute atomic E-state index is 12.4. The van der Waals surface area contributed by atoms with Gasteiger partial charge in [0.2, 0.25) is 0 Å². The summed E-state index contributed by atoms with van der Waals surface area (Å²) in [5, 5.41) is 11.4. The zero-order valence-electron chi connectivity index (χ0n) is 13.6. The highest BCUT2D eigenvalue weighted by Gasteiger charge is 2.14. The van der Waals surface area contributed by atoms with Crippen LogP contribution in [0.5, 0.6) is 0 Å². The second kappa shape index (κ2) is 7.10. The summed E-state index contributed by atoms with van der Waals surface area (Å²) in [6.45, 7) is 3.11. The number of amides is 1. The Morgan fingerprint density at radius 3 is 2.83 bits per heavy atom. The van der Waals surface area contributed by atoms with Crippen LogP contribution < -0.4 is 5.32 Å². The predicted octanol–water partition coefficient (Wildman–Crippen LogP) is 2.28. The van der Waals surface area contributed by atoms with Crippen LogP contribution in [-0.2, 0) is 11.3 Å². The number of ether oxygens (including phenoxy) is 1. The molecule has 0 atom stereocenters. The van der Waals surface area contributed by atoms with Gasteiger partial charge in [0.15, 0.2) is 5.69 Å². The number of aryl methyl sites for hydroxylation is 1. The third-order valence-electron chi connectivity index (χ3n) is 3.54. The van der Waals surface area contributed by atoms with Crippen LogP contribution in [0.2, 0.25) is 0 Å². The van der Waals surface area contributed by atoms with Crippen molar-refractivity contribution in [2.75, 3.05) is 19.0 Å². The number of nitrogens with zero attached hydrogens (tertiary/aromatic N) is 4. The number of aromatic nitrogens is 4. The molecule has 3 aromatic rings. The number of hydrogen-bond acceptors (Lipinski definition) is 4. The fourth-order valence-electron chi connectivity index (χ4n) is 2.35. The summed E-state index contributed by atoms with van der Waals surface area (Å²) in [6, 6.07) is 11.5. The van der Waals surface area contributed by atoms with Crippen molar-refractivity contribution in [3.8, 4) is 5.69 Å². The molecule has 0 aliphatic heterocycles. The van der Waals surface area contributed by atoms with E-state index in [1.807, 2.05) is 37.3 Å². The SMILES string of the molecule is COCCn1cc(NC(=O)c2cc(C)n(-c3ccccc3)n2)cn1. The Kier molecular flexibility index (Phi) is 4.72. The molecule has 24 heavy (non-hydrogen) atoms. The number of rotatable bonds is 6. The molecule has 7 nitrogen and oxygen atoms in total. The minimum Gasteiger partial charge on any atom is -0.383 e. The van der Waals surface area contributed by atoms with Crippen LogP contribution in [0.4, 0.5) is 5.69 Å². The van der Waals surface area contributed by atoms with Crippen molar-refractivity contribution in [3.63, 3.8) is 0 Å². The van der Waals surface area contributed by atoms with Gasteiger partial charge in [0, 0.05) is 19.0 Å². The zero-order valence-corrected chi connectivity index (χ0v) is 13.6. The zero-order chi connectivity index (χ0) is 16.9. The second-order valence-corrected chi connectivity index (χ2v) is 5.36. The molecule has 0 bridgehead atoms. The molecule has 0 unspecified atom stereocenters. The molecule has 2 heterocycles. The fourth-order valence-corrected chi connectivity index (χ4v) is 2.35. The number of carbonyl (C=O) groups is 1. The van der Waals surface area contributed by atoms with Gasteiger partial charge in [0.05, 0.1) is 30.7 Å². The number of anilines is 1. The molecule has 2 aromatic heterocycles. The molecule has 1 N–H and O–H groups in total. The van der Waals surface area contributed by atoms with Crippen LogP contribution in [-0.4, -0.2) is 39.2 Å². The first kappa shape index (κ1) is 15.9. The Morgan fingerprint density at radius 2 is 2.08 bits per heavy atom. The van der Waals surface area contributed by atoms with Crippen LogP contribution in [0.25, 0.3) is 5.69 Å². The summed E-state index contributed by atoms with van der Waals surface area (Å²) in [6.07, 6.45) is 3.37. The van der Waals surface area contributed by atoms with Crippen molar-refractivity contribution < 1.29 is 9.53 Å². The van der Waals surface area contributed by atoms with E-state index in [1.165, 1.54) is 0 Å². The minimum atomic E-state index is -0.265. The predicted molar refractivity (Wildman–Crippen MR) is 90.4 cm³/mol. The van der Waals surface area contributed by atoms with E-state index in [2.05, 4.69) is 15.5 Å². The van der Waals surface area contributed by atoms with E-state index >= 15 is 0 Å². The molecule has 0 radical (unpaired) electrons. The number of nitrogens with one attached hydrogen (secondary N) is 1. The van der Waals surface area contributed by atoms with Crippen LogP contribution >= 0.6 is 0 Å². The van der Waals surface area contributed by atoms with Gasteiger partial charge in [-0.05, 0) is 25.1 Å². The van der Waals surface area contributed by atoms with Gasteiger partial charge in [0.1, 0.15) is 0 Å². The van der Waals surface area contributed by atoms with E-state index in [9.17, 15) is 4.79 Å². The molecular formula is C17H19N5O2. The molecular weight excluding hydrogens is 306 g/mol. The molecule has 7 heteroatoms. The highest BCUT2D eigenvalue weighted by atomic mass is 16.5. The number of para-hydroxylation sites is 1. The number of benzene rings is 1. The minimum absolute atomic E-state index is 0.265. The quantitative estimate of drug-likeness (QED) is 0.754. The highest BCUT2D eigenvalue weighted by molar-refractivity contribution is 6.02. The molecule has 0 saturated heterocycles. The molecule has 0 aliphatic rings. The summed E-state index contributed by atoms with van der Waals surface area (Å²) >= 11 is 0. The lowest BCUT2D eigenvalue weighted by molar-refractivity contribution is 0.102. The third kappa shape index (κ3) is 3.52. The lowest BCUT2D eigenvalue weighted by Crippen LogP contribution is -2.13. The molecule has 124 valence electrons. The van der Waals surface area contributed by atoms with Crippen LogP contribution in [0.15, 0.2) is 48.8 Å². The van der Waals surface area contributed by atoms with Crippen LogP contribution in [0.1, 0.15) is 16.2 Å². The van der Waals surface area contributed by atoms with Gasteiger partial charge in [-0.2, -0.15) is 10.2 Å². The Balaban J connectivity index is 1.73. The molecule has 0 spiro atoms.